The molecule has 0 amide bonds. The van der Waals surface area contributed by atoms with Crippen LogP contribution in [0.1, 0.15) is 23.7 Å². The lowest BCUT2D eigenvalue weighted by Gasteiger charge is -2.09. The van der Waals surface area contributed by atoms with Gasteiger partial charge >= 0.3 is 5.97 Å². The molecule has 1 atom stereocenters. The Balaban J connectivity index is 2.65. The predicted octanol–water partition coefficient (Wildman–Crippen LogP) is 1.59. The Bertz CT molecular complexity index is 303. The van der Waals surface area contributed by atoms with E-state index in [-0.39, 0.29) is 6.42 Å². The lowest BCUT2D eigenvalue weighted by molar-refractivity contribution is -0.142. The number of aliphatic hydroxyl groups is 1. The number of benzene rings is 1. The summed E-state index contributed by atoms with van der Waals surface area (Å²) in [6.45, 7) is 1.97. The first-order chi connectivity index (χ1) is 6.63. The number of methoxy groups -OCH3 is 1. The predicted molar refractivity (Wildman–Crippen MR) is 52.8 cm³/mol. The molecule has 0 saturated heterocycles. The number of ether oxygens (including phenoxy) is 1. The topological polar surface area (TPSA) is 46.5 Å². The molecule has 14 heavy (non-hydrogen) atoms. The maximum atomic E-state index is 10.9. The van der Waals surface area contributed by atoms with Crippen LogP contribution in [0.5, 0.6) is 0 Å². The van der Waals surface area contributed by atoms with Gasteiger partial charge in [-0.25, -0.2) is 0 Å². The summed E-state index contributed by atoms with van der Waals surface area (Å²) >= 11 is 0. The normalized spacial score (nSPS) is 12.2. The van der Waals surface area contributed by atoms with E-state index in [2.05, 4.69) is 4.74 Å². The van der Waals surface area contributed by atoms with Crippen LogP contribution in [-0.4, -0.2) is 18.2 Å². The van der Waals surface area contributed by atoms with Crippen LogP contribution in [0.25, 0.3) is 0 Å². The van der Waals surface area contributed by atoms with E-state index in [1.807, 2.05) is 31.2 Å². The Morgan fingerprint density at radius 1 is 1.43 bits per heavy atom. The van der Waals surface area contributed by atoms with Gasteiger partial charge in [0.1, 0.15) is 0 Å². The Morgan fingerprint density at radius 3 is 2.50 bits per heavy atom. The summed E-state index contributed by atoms with van der Waals surface area (Å²) in [5.74, 6) is -0.405. The molecule has 76 valence electrons. The van der Waals surface area contributed by atoms with Crippen LogP contribution in [-0.2, 0) is 9.53 Å². The maximum Gasteiger partial charge on any atom is 0.308 e. The highest BCUT2D eigenvalue weighted by atomic mass is 16.5. The number of rotatable bonds is 3. The van der Waals surface area contributed by atoms with Crippen molar-refractivity contribution >= 4 is 5.97 Å². The molecule has 0 unspecified atom stereocenters. The van der Waals surface area contributed by atoms with E-state index in [0.717, 1.165) is 11.1 Å². The first kappa shape index (κ1) is 10.7. The second kappa shape index (κ2) is 4.77. The molecule has 0 saturated carbocycles. The summed E-state index contributed by atoms with van der Waals surface area (Å²) in [5.41, 5.74) is 1.86. The van der Waals surface area contributed by atoms with Gasteiger partial charge in [0.25, 0.3) is 0 Å². The average molecular weight is 194 g/mol. The third-order valence-electron chi connectivity index (χ3n) is 2.05. The molecular formula is C11H14O3. The van der Waals surface area contributed by atoms with Crippen LogP contribution in [0, 0.1) is 6.92 Å². The molecule has 1 N–H and O–H groups in total. The lowest BCUT2D eigenvalue weighted by Crippen LogP contribution is -2.07. The second-order valence-corrected chi connectivity index (χ2v) is 3.21. The van der Waals surface area contributed by atoms with Crippen molar-refractivity contribution in [3.05, 3.63) is 35.4 Å². The van der Waals surface area contributed by atoms with Gasteiger partial charge in [-0.05, 0) is 12.5 Å². The van der Waals surface area contributed by atoms with Crippen molar-refractivity contribution in [3.63, 3.8) is 0 Å². The number of hydrogen-bond donors (Lipinski definition) is 1. The van der Waals surface area contributed by atoms with Crippen molar-refractivity contribution in [2.24, 2.45) is 0 Å². The third kappa shape index (κ3) is 2.85. The van der Waals surface area contributed by atoms with Crippen LogP contribution in [0.4, 0.5) is 0 Å². The highest BCUT2D eigenvalue weighted by Gasteiger charge is 2.12. The van der Waals surface area contributed by atoms with Gasteiger partial charge in [0.05, 0.1) is 19.6 Å². The minimum absolute atomic E-state index is 0.000436. The van der Waals surface area contributed by atoms with E-state index in [9.17, 15) is 9.90 Å². The van der Waals surface area contributed by atoms with Crippen molar-refractivity contribution in [2.45, 2.75) is 19.4 Å². The van der Waals surface area contributed by atoms with Gasteiger partial charge in [-0.15, -0.1) is 0 Å². The number of esters is 1. The molecule has 0 aliphatic carbocycles. The smallest absolute Gasteiger partial charge is 0.308 e. The van der Waals surface area contributed by atoms with Gasteiger partial charge in [0, 0.05) is 0 Å². The van der Waals surface area contributed by atoms with Gasteiger partial charge in [-0.3, -0.25) is 4.79 Å². The molecule has 0 bridgehead atoms. The van der Waals surface area contributed by atoms with Crippen LogP contribution in [0.15, 0.2) is 24.3 Å². The highest BCUT2D eigenvalue weighted by molar-refractivity contribution is 5.70. The van der Waals surface area contributed by atoms with E-state index in [1.54, 1.807) is 0 Å². The number of carbonyl (C=O) groups is 1. The molecule has 3 nitrogen and oxygen atoms in total. The number of carbonyl (C=O) groups excluding carboxylic acids is 1. The van der Waals surface area contributed by atoms with Crippen molar-refractivity contribution < 1.29 is 14.6 Å². The first-order valence-electron chi connectivity index (χ1n) is 4.45. The van der Waals surface area contributed by atoms with Crippen LogP contribution < -0.4 is 0 Å². The minimum atomic E-state index is -0.775. The fourth-order valence-electron chi connectivity index (χ4n) is 1.15. The van der Waals surface area contributed by atoms with Gasteiger partial charge in [-0.2, -0.15) is 0 Å². The summed E-state index contributed by atoms with van der Waals surface area (Å²) in [6.07, 6.45) is -0.775. The molecule has 1 aromatic carbocycles. The molecule has 3 heteroatoms. The SMILES string of the molecule is COC(=O)C[C@H](O)c1ccc(C)cc1. The number of hydrogen-bond acceptors (Lipinski definition) is 3. The summed E-state index contributed by atoms with van der Waals surface area (Å²) in [4.78, 5) is 10.9. The zero-order valence-corrected chi connectivity index (χ0v) is 8.36. The van der Waals surface area contributed by atoms with Gasteiger partial charge in [-0.1, -0.05) is 29.8 Å². The standard InChI is InChI=1S/C11H14O3/c1-8-3-5-9(6-4-8)10(12)7-11(13)14-2/h3-6,10,12H,7H2,1-2H3/t10-/m0/s1. The second-order valence-electron chi connectivity index (χ2n) is 3.21. The van der Waals surface area contributed by atoms with Crippen LogP contribution in [0.3, 0.4) is 0 Å². The van der Waals surface area contributed by atoms with Crippen molar-refractivity contribution in [3.8, 4) is 0 Å². The Kier molecular flexibility index (Phi) is 3.65. The maximum absolute atomic E-state index is 10.9. The quantitative estimate of drug-likeness (QED) is 0.743. The summed E-state index contributed by atoms with van der Waals surface area (Å²) < 4.78 is 4.47. The van der Waals surface area contributed by atoms with E-state index in [4.69, 9.17) is 0 Å². The van der Waals surface area contributed by atoms with E-state index < -0.39 is 12.1 Å². The van der Waals surface area contributed by atoms with Gasteiger partial charge < -0.3 is 9.84 Å². The Hall–Kier alpha value is -1.35. The van der Waals surface area contributed by atoms with Crippen molar-refractivity contribution in [2.75, 3.05) is 7.11 Å². The molecule has 0 aliphatic rings. The minimum Gasteiger partial charge on any atom is -0.469 e. The summed E-state index contributed by atoms with van der Waals surface area (Å²) in [7, 11) is 1.31. The van der Waals surface area contributed by atoms with Gasteiger partial charge in [0.15, 0.2) is 0 Å². The first-order valence-corrected chi connectivity index (χ1v) is 4.45. The molecule has 0 radical (unpaired) electrons. The third-order valence-corrected chi connectivity index (χ3v) is 2.05. The summed E-state index contributed by atoms with van der Waals surface area (Å²) in [6, 6.07) is 7.41. The molecule has 0 fully saturated rings. The molecule has 0 aromatic heterocycles. The molecule has 0 aliphatic heterocycles. The molecule has 1 aromatic rings. The fourth-order valence-corrected chi connectivity index (χ4v) is 1.15. The molecule has 0 spiro atoms. The Labute approximate surface area is 83.3 Å². The largest absolute Gasteiger partial charge is 0.469 e. The zero-order valence-electron chi connectivity index (χ0n) is 8.36. The van der Waals surface area contributed by atoms with Crippen LogP contribution in [0.2, 0.25) is 0 Å². The number of aliphatic hydroxyl groups excluding tert-OH is 1. The lowest BCUT2D eigenvalue weighted by atomic mass is 10.1. The van der Waals surface area contributed by atoms with Crippen molar-refractivity contribution in [1.29, 1.82) is 0 Å². The van der Waals surface area contributed by atoms with Crippen LogP contribution >= 0.6 is 0 Å². The van der Waals surface area contributed by atoms with Crippen molar-refractivity contribution in [1.82, 2.24) is 0 Å². The average Bonchev–Trinajstić information content (AvgIpc) is 2.18. The van der Waals surface area contributed by atoms with E-state index in [1.165, 1.54) is 7.11 Å². The van der Waals surface area contributed by atoms with E-state index in [0.29, 0.717) is 0 Å². The monoisotopic (exact) mass is 194 g/mol. The highest BCUT2D eigenvalue weighted by Crippen LogP contribution is 2.17. The van der Waals surface area contributed by atoms with E-state index >= 15 is 0 Å². The van der Waals surface area contributed by atoms with Gasteiger partial charge in [0.2, 0.25) is 0 Å². The molecular weight excluding hydrogens is 180 g/mol. The molecule has 1 rings (SSSR count). The Morgan fingerprint density at radius 2 is 2.00 bits per heavy atom. The number of aryl methyl sites for hydroxylation is 1. The zero-order chi connectivity index (χ0) is 10.6. The fraction of sp³-hybridized carbons (Fsp3) is 0.364. The molecule has 0 heterocycles. The summed E-state index contributed by atoms with van der Waals surface area (Å²) in [5, 5.41) is 9.61.